The highest BCUT2D eigenvalue weighted by molar-refractivity contribution is 6.31. The predicted octanol–water partition coefficient (Wildman–Crippen LogP) is 7.28. The zero-order valence-electron chi connectivity index (χ0n) is 22.8. The maximum Gasteiger partial charge on any atom is 0.122 e. The largest absolute Gasteiger partial charge is 0.381 e. The topological polar surface area (TPSA) is 53.3 Å². The molecular formula is C30H45ClN2O2. The zero-order chi connectivity index (χ0) is 26.6. The van der Waals surface area contributed by atoms with Gasteiger partial charge < -0.3 is 14.4 Å². The van der Waals surface area contributed by atoms with Gasteiger partial charge in [0, 0.05) is 19.6 Å². The molecule has 0 aliphatic carbocycles. The van der Waals surface area contributed by atoms with Crippen LogP contribution in [0, 0.1) is 37.0 Å². The van der Waals surface area contributed by atoms with Crippen molar-refractivity contribution in [3.63, 3.8) is 0 Å². The van der Waals surface area contributed by atoms with E-state index >= 15 is 0 Å². The maximum atomic E-state index is 9.60. The van der Waals surface area contributed by atoms with Crippen molar-refractivity contribution in [2.75, 3.05) is 33.4 Å². The van der Waals surface area contributed by atoms with E-state index in [9.17, 15) is 4.79 Å². The van der Waals surface area contributed by atoms with E-state index < -0.39 is 0 Å². The average molecular weight is 501 g/mol. The van der Waals surface area contributed by atoms with E-state index in [1.807, 2.05) is 26.0 Å². The van der Waals surface area contributed by atoms with Crippen LogP contribution < -0.4 is 0 Å². The van der Waals surface area contributed by atoms with Crippen LogP contribution in [0.2, 0.25) is 5.02 Å². The number of carbonyl (C=O) groups excluding carboxylic acids is 1. The highest BCUT2D eigenvalue weighted by atomic mass is 35.5. The third-order valence-corrected chi connectivity index (χ3v) is 6.15. The van der Waals surface area contributed by atoms with Crippen LogP contribution in [0.1, 0.15) is 62.8 Å². The summed E-state index contributed by atoms with van der Waals surface area (Å²) in [5.41, 5.74) is 4.47. The Hall–Kier alpha value is -2.19. The zero-order valence-corrected chi connectivity index (χ0v) is 23.6. The lowest BCUT2D eigenvalue weighted by molar-refractivity contribution is -0.108. The second-order valence-corrected chi connectivity index (χ2v) is 9.49. The Balaban J connectivity index is 0.000000444. The molecule has 1 saturated heterocycles. The molecule has 3 rings (SSSR count). The Morgan fingerprint density at radius 1 is 1.20 bits per heavy atom. The lowest BCUT2D eigenvalue weighted by Gasteiger charge is -2.13. The van der Waals surface area contributed by atoms with Gasteiger partial charge in [0.2, 0.25) is 0 Å². The molecule has 1 aliphatic heterocycles. The van der Waals surface area contributed by atoms with Gasteiger partial charge in [-0.1, -0.05) is 62.7 Å². The molecule has 0 bridgehead atoms. The van der Waals surface area contributed by atoms with Gasteiger partial charge in [-0.2, -0.15) is 5.26 Å². The molecule has 2 aromatic rings. The fourth-order valence-electron chi connectivity index (χ4n) is 3.51. The molecule has 0 aromatic heterocycles. The molecule has 1 heterocycles. The number of nitrogens with zero attached hydrogens (tertiary/aromatic N) is 2. The molecule has 194 valence electrons. The van der Waals surface area contributed by atoms with Crippen molar-refractivity contribution in [1.82, 2.24) is 4.90 Å². The van der Waals surface area contributed by atoms with Crippen molar-refractivity contribution in [3.8, 4) is 6.07 Å². The van der Waals surface area contributed by atoms with Crippen LogP contribution >= 0.6 is 11.6 Å². The highest BCUT2D eigenvalue weighted by Crippen LogP contribution is 2.21. The van der Waals surface area contributed by atoms with Crippen molar-refractivity contribution in [3.05, 3.63) is 69.7 Å². The number of benzene rings is 2. The molecule has 1 aliphatic rings. The SMILES string of the molecule is CC(C)C1CCN(C)C1.CCOCCC=O.CCc1ccccc1C.Cc1ccc(C#N)c(Cl)c1. The van der Waals surface area contributed by atoms with Crippen LogP contribution in [0.5, 0.6) is 0 Å². The van der Waals surface area contributed by atoms with Gasteiger partial charge in [0.25, 0.3) is 0 Å². The Labute approximate surface area is 219 Å². The average Bonchev–Trinajstić information content (AvgIpc) is 3.28. The van der Waals surface area contributed by atoms with E-state index in [2.05, 4.69) is 63.9 Å². The summed E-state index contributed by atoms with van der Waals surface area (Å²) in [4.78, 5) is 12.0. The molecule has 0 radical (unpaired) electrons. The standard InChI is InChI=1S/C9H12.C8H6ClN.C8H17N.C5H10O2/c1-3-9-7-5-4-6-8(9)2;1-6-2-3-7(5-10)8(9)4-6;1-7(2)8-4-5-9(3)6-8;1-2-7-5-3-4-6/h4-7H,3H2,1-2H3;2-4H,1H3;7-8H,4-6H2,1-3H3;4H,2-3,5H2,1H3. The van der Waals surface area contributed by atoms with Crippen LogP contribution in [-0.2, 0) is 16.0 Å². The second-order valence-electron chi connectivity index (χ2n) is 9.08. The van der Waals surface area contributed by atoms with Crippen molar-refractivity contribution < 1.29 is 9.53 Å². The molecule has 1 fully saturated rings. The number of carbonyl (C=O) groups is 1. The van der Waals surface area contributed by atoms with Gasteiger partial charge in [-0.05, 0) is 87.9 Å². The summed E-state index contributed by atoms with van der Waals surface area (Å²) >= 11 is 5.71. The fourth-order valence-corrected chi connectivity index (χ4v) is 3.78. The molecule has 4 nitrogen and oxygen atoms in total. The monoisotopic (exact) mass is 500 g/mol. The number of hydrogen-bond donors (Lipinski definition) is 0. The lowest BCUT2D eigenvalue weighted by Crippen LogP contribution is -2.16. The van der Waals surface area contributed by atoms with Crippen molar-refractivity contribution >= 4 is 17.9 Å². The van der Waals surface area contributed by atoms with Crippen LogP contribution in [0.3, 0.4) is 0 Å². The van der Waals surface area contributed by atoms with Crippen LogP contribution in [-0.4, -0.2) is 44.5 Å². The Bertz CT molecular complexity index is 877. The number of rotatable bonds is 6. The van der Waals surface area contributed by atoms with Gasteiger partial charge in [-0.3, -0.25) is 0 Å². The first-order valence-electron chi connectivity index (χ1n) is 12.6. The van der Waals surface area contributed by atoms with Gasteiger partial charge in [0.15, 0.2) is 0 Å². The first-order valence-corrected chi connectivity index (χ1v) is 13.0. The minimum Gasteiger partial charge on any atom is -0.381 e. The molecule has 1 unspecified atom stereocenters. The van der Waals surface area contributed by atoms with E-state index in [-0.39, 0.29) is 0 Å². The van der Waals surface area contributed by atoms with E-state index in [1.165, 1.54) is 30.6 Å². The smallest absolute Gasteiger partial charge is 0.122 e. The molecule has 0 N–H and O–H groups in total. The molecule has 0 saturated carbocycles. The quantitative estimate of drug-likeness (QED) is 0.309. The number of ether oxygens (including phenoxy) is 1. The predicted molar refractivity (Wildman–Crippen MR) is 149 cm³/mol. The fraction of sp³-hybridized carbons (Fsp3) is 0.533. The number of halogens is 1. The summed E-state index contributed by atoms with van der Waals surface area (Å²) in [6.45, 7) is 16.7. The Kier molecular flexibility index (Phi) is 18.8. The van der Waals surface area contributed by atoms with E-state index in [0.717, 1.165) is 30.1 Å². The molecule has 5 heteroatoms. The molecule has 2 aromatic carbocycles. The number of aryl methyl sites for hydroxylation is 3. The summed E-state index contributed by atoms with van der Waals surface area (Å²) in [5, 5.41) is 9.00. The summed E-state index contributed by atoms with van der Waals surface area (Å²) in [7, 11) is 2.21. The molecule has 1 atom stereocenters. The highest BCUT2D eigenvalue weighted by Gasteiger charge is 2.21. The van der Waals surface area contributed by atoms with Crippen LogP contribution in [0.15, 0.2) is 42.5 Å². The van der Waals surface area contributed by atoms with Crippen LogP contribution in [0.4, 0.5) is 0 Å². The van der Waals surface area contributed by atoms with Crippen molar-refractivity contribution in [1.29, 1.82) is 5.26 Å². The summed E-state index contributed by atoms with van der Waals surface area (Å²) in [5.74, 6) is 1.85. The van der Waals surface area contributed by atoms with E-state index in [0.29, 0.717) is 30.2 Å². The molecule has 35 heavy (non-hydrogen) atoms. The number of aldehydes is 1. The summed E-state index contributed by atoms with van der Waals surface area (Å²) < 4.78 is 4.84. The van der Waals surface area contributed by atoms with Gasteiger partial charge >= 0.3 is 0 Å². The summed E-state index contributed by atoms with van der Waals surface area (Å²) in [6.07, 6.45) is 3.93. The molecule has 0 spiro atoms. The minimum absolute atomic E-state index is 0.522. The Morgan fingerprint density at radius 2 is 1.89 bits per heavy atom. The van der Waals surface area contributed by atoms with E-state index in [1.54, 1.807) is 12.1 Å². The Morgan fingerprint density at radius 3 is 2.29 bits per heavy atom. The number of nitriles is 1. The number of hydrogen-bond acceptors (Lipinski definition) is 4. The summed E-state index contributed by atoms with van der Waals surface area (Å²) in [6, 6.07) is 15.8. The van der Waals surface area contributed by atoms with Gasteiger partial charge in [0.1, 0.15) is 12.4 Å². The first kappa shape index (κ1) is 32.8. The second kappa shape index (κ2) is 20.0. The lowest BCUT2D eigenvalue weighted by atomic mass is 9.95. The van der Waals surface area contributed by atoms with Crippen molar-refractivity contribution in [2.24, 2.45) is 11.8 Å². The maximum absolute atomic E-state index is 9.60. The van der Waals surface area contributed by atoms with Gasteiger partial charge in [0.05, 0.1) is 17.2 Å². The first-order chi connectivity index (χ1) is 16.7. The van der Waals surface area contributed by atoms with Gasteiger partial charge in [-0.25, -0.2) is 0 Å². The number of likely N-dealkylation sites (tertiary alicyclic amines) is 1. The normalized spacial score (nSPS) is 14.5. The third kappa shape index (κ3) is 15.4. The van der Waals surface area contributed by atoms with Crippen molar-refractivity contribution in [2.45, 2.75) is 60.8 Å². The van der Waals surface area contributed by atoms with Crippen LogP contribution in [0.25, 0.3) is 0 Å². The van der Waals surface area contributed by atoms with E-state index in [4.69, 9.17) is 21.6 Å². The van der Waals surface area contributed by atoms with Gasteiger partial charge in [-0.15, -0.1) is 0 Å². The third-order valence-electron chi connectivity index (χ3n) is 5.84. The molecule has 0 amide bonds. The molecular weight excluding hydrogens is 456 g/mol. The minimum atomic E-state index is 0.522.